The number of hydrogen-bond acceptors (Lipinski definition) is 1. The van der Waals surface area contributed by atoms with Crippen molar-refractivity contribution in [3.63, 3.8) is 0 Å². The number of halogens is 2. The Morgan fingerprint density at radius 1 is 1.21 bits per heavy atom. The maximum Gasteiger partial charge on any atom is 0.174 e. The first-order valence-corrected chi connectivity index (χ1v) is 5.35. The maximum absolute atomic E-state index is 13.2. The van der Waals surface area contributed by atoms with Crippen LogP contribution in [0.2, 0.25) is 0 Å². The van der Waals surface area contributed by atoms with Gasteiger partial charge in [0.15, 0.2) is 11.6 Å². The molecule has 78 valence electrons. The molecule has 0 aliphatic heterocycles. The first-order chi connectivity index (χ1) is 6.34. The van der Waals surface area contributed by atoms with E-state index in [1.165, 1.54) is 12.1 Å². The molecule has 0 bridgehead atoms. The molecule has 1 nitrogen and oxygen atoms in total. The van der Waals surface area contributed by atoms with Crippen LogP contribution in [0, 0.1) is 11.6 Å². The summed E-state index contributed by atoms with van der Waals surface area (Å²) in [5.41, 5.74) is 0. The maximum atomic E-state index is 13.2. The molecule has 1 aromatic carbocycles. The second kappa shape index (κ2) is 3.77. The molecule has 0 spiro atoms. The lowest BCUT2D eigenvalue weighted by molar-refractivity contribution is 0.488. The molecule has 14 heavy (non-hydrogen) atoms. The summed E-state index contributed by atoms with van der Waals surface area (Å²) in [6.07, 6.45) is 0. The van der Waals surface area contributed by atoms with Crippen molar-refractivity contribution < 1.29 is 13.0 Å². The van der Waals surface area contributed by atoms with Crippen molar-refractivity contribution in [2.24, 2.45) is 0 Å². The molecule has 0 aliphatic rings. The van der Waals surface area contributed by atoms with E-state index in [1.807, 2.05) is 0 Å². The smallest absolute Gasteiger partial charge is 0.174 e. The normalized spacial score (nSPS) is 14.1. The third-order valence-electron chi connectivity index (χ3n) is 1.67. The summed E-state index contributed by atoms with van der Waals surface area (Å²) in [6.45, 7) is 5.15. The molecule has 1 unspecified atom stereocenters. The van der Waals surface area contributed by atoms with Gasteiger partial charge < -0.3 is 0 Å². The summed E-state index contributed by atoms with van der Waals surface area (Å²) < 4.78 is 37.2. The predicted molar refractivity (Wildman–Crippen MR) is 52.5 cm³/mol. The molecular formula is C10H12F2OS. The van der Waals surface area contributed by atoms with Crippen LogP contribution in [0.1, 0.15) is 20.8 Å². The van der Waals surface area contributed by atoms with Gasteiger partial charge in [0.2, 0.25) is 0 Å². The van der Waals surface area contributed by atoms with Crippen molar-refractivity contribution in [3.8, 4) is 0 Å². The van der Waals surface area contributed by atoms with Gasteiger partial charge in [0.1, 0.15) is 0 Å². The zero-order valence-corrected chi connectivity index (χ0v) is 9.12. The lowest BCUT2D eigenvalue weighted by Gasteiger charge is -2.17. The van der Waals surface area contributed by atoms with Gasteiger partial charge in [0.05, 0.1) is 15.7 Å². The van der Waals surface area contributed by atoms with Crippen LogP contribution in [-0.2, 0) is 10.8 Å². The zero-order chi connectivity index (χ0) is 10.9. The van der Waals surface area contributed by atoms with E-state index in [0.29, 0.717) is 0 Å². The molecule has 1 aromatic rings. The Morgan fingerprint density at radius 3 is 2.29 bits per heavy atom. The van der Waals surface area contributed by atoms with Crippen molar-refractivity contribution >= 4 is 10.8 Å². The van der Waals surface area contributed by atoms with Gasteiger partial charge in [0, 0.05) is 4.75 Å². The number of benzene rings is 1. The molecule has 0 saturated heterocycles. The van der Waals surface area contributed by atoms with Gasteiger partial charge in [-0.05, 0) is 32.9 Å². The van der Waals surface area contributed by atoms with Crippen LogP contribution >= 0.6 is 0 Å². The van der Waals surface area contributed by atoms with E-state index in [2.05, 4.69) is 0 Å². The molecule has 0 amide bonds. The molecule has 0 saturated carbocycles. The Labute approximate surface area is 84.6 Å². The highest BCUT2D eigenvalue weighted by Gasteiger charge is 2.24. The fraction of sp³-hybridized carbons (Fsp3) is 0.400. The minimum atomic E-state index is -1.54. The van der Waals surface area contributed by atoms with Crippen LogP contribution in [-0.4, -0.2) is 8.96 Å². The van der Waals surface area contributed by atoms with Gasteiger partial charge in [-0.15, -0.1) is 0 Å². The Morgan fingerprint density at radius 2 is 1.79 bits per heavy atom. The Kier molecular flexibility index (Phi) is 3.04. The standard InChI is InChI=1S/C10H12F2OS/c1-10(2,3)14(13)8-6-4-5-7(11)9(8)12/h4-6H,1-3H3. The third kappa shape index (κ3) is 2.18. The van der Waals surface area contributed by atoms with Crippen LogP contribution in [0.5, 0.6) is 0 Å². The lowest BCUT2D eigenvalue weighted by atomic mass is 10.3. The zero-order valence-electron chi connectivity index (χ0n) is 8.30. The second-order valence-electron chi connectivity index (χ2n) is 3.93. The highest BCUT2D eigenvalue weighted by atomic mass is 32.2. The molecule has 4 heteroatoms. The van der Waals surface area contributed by atoms with E-state index in [4.69, 9.17) is 0 Å². The number of rotatable bonds is 1. The Hall–Kier alpha value is -0.770. The summed E-state index contributed by atoms with van der Waals surface area (Å²) in [4.78, 5) is -0.0718. The average Bonchev–Trinajstić information content (AvgIpc) is 2.07. The first-order valence-electron chi connectivity index (χ1n) is 4.20. The highest BCUT2D eigenvalue weighted by molar-refractivity contribution is 7.86. The topological polar surface area (TPSA) is 17.1 Å². The molecule has 0 heterocycles. The van der Waals surface area contributed by atoms with Crippen LogP contribution in [0.4, 0.5) is 8.78 Å². The minimum Gasteiger partial charge on any atom is -0.254 e. The Balaban J connectivity index is 3.21. The van der Waals surface area contributed by atoms with Crippen molar-refractivity contribution in [1.82, 2.24) is 0 Å². The van der Waals surface area contributed by atoms with Crippen LogP contribution in [0.15, 0.2) is 23.1 Å². The Bertz CT molecular complexity index is 369. The van der Waals surface area contributed by atoms with E-state index in [-0.39, 0.29) is 4.90 Å². The first kappa shape index (κ1) is 11.3. The summed E-state index contributed by atoms with van der Waals surface area (Å²) >= 11 is 0. The van der Waals surface area contributed by atoms with E-state index >= 15 is 0 Å². The highest BCUT2D eigenvalue weighted by Crippen LogP contribution is 2.23. The van der Waals surface area contributed by atoms with Gasteiger partial charge >= 0.3 is 0 Å². The van der Waals surface area contributed by atoms with E-state index in [9.17, 15) is 13.0 Å². The second-order valence-corrected chi connectivity index (χ2v) is 6.14. The molecule has 0 aromatic heterocycles. The van der Waals surface area contributed by atoms with Crippen molar-refractivity contribution in [2.45, 2.75) is 30.4 Å². The van der Waals surface area contributed by atoms with Crippen LogP contribution in [0.3, 0.4) is 0 Å². The molecule has 1 rings (SSSR count). The van der Waals surface area contributed by atoms with Gasteiger partial charge in [-0.1, -0.05) is 6.07 Å². The van der Waals surface area contributed by atoms with Crippen LogP contribution in [0.25, 0.3) is 0 Å². The van der Waals surface area contributed by atoms with Crippen LogP contribution < -0.4 is 0 Å². The van der Waals surface area contributed by atoms with Crippen molar-refractivity contribution in [2.75, 3.05) is 0 Å². The van der Waals surface area contributed by atoms with Gasteiger partial charge in [-0.3, -0.25) is 4.21 Å². The largest absolute Gasteiger partial charge is 0.254 e. The fourth-order valence-corrected chi connectivity index (χ4v) is 2.08. The van der Waals surface area contributed by atoms with Crippen molar-refractivity contribution in [1.29, 1.82) is 0 Å². The molecule has 0 radical (unpaired) electrons. The van der Waals surface area contributed by atoms with Gasteiger partial charge in [-0.2, -0.15) is 0 Å². The summed E-state index contributed by atoms with van der Waals surface area (Å²) in [5.74, 6) is -1.97. The van der Waals surface area contributed by atoms with E-state index in [1.54, 1.807) is 20.8 Å². The quantitative estimate of drug-likeness (QED) is 0.708. The van der Waals surface area contributed by atoms with E-state index < -0.39 is 27.2 Å². The fourth-order valence-electron chi connectivity index (χ4n) is 0.957. The molecule has 0 aliphatic carbocycles. The average molecular weight is 218 g/mol. The molecule has 0 fully saturated rings. The monoisotopic (exact) mass is 218 g/mol. The summed E-state index contributed by atoms with van der Waals surface area (Å²) in [7, 11) is -1.54. The third-order valence-corrected chi connectivity index (χ3v) is 3.50. The van der Waals surface area contributed by atoms with Crippen molar-refractivity contribution in [3.05, 3.63) is 29.8 Å². The minimum absolute atomic E-state index is 0.0718. The predicted octanol–water partition coefficient (Wildman–Crippen LogP) is 2.87. The lowest BCUT2D eigenvalue weighted by Crippen LogP contribution is -2.22. The molecule has 1 atom stereocenters. The summed E-state index contributed by atoms with van der Waals surface area (Å²) in [5, 5.41) is 0. The van der Waals surface area contributed by atoms with Gasteiger partial charge in [-0.25, -0.2) is 8.78 Å². The summed E-state index contributed by atoms with van der Waals surface area (Å²) in [6, 6.07) is 3.72. The SMILES string of the molecule is CC(C)(C)S(=O)c1cccc(F)c1F. The molecular weight excluding hydrogens is 206 g/mol. The molecule has 0 N–H and O–H groups in total. The van der Waals surface area contributed by atoms with E-state index in [0.717, 1.165) is 6.07 Å². The number of hydrogen-bond donors (Lipinski definition) is 0. The van der Waals surface area contributed by atoms with Gasteiger partial charge in [0.25, 0.3) is 0 Å².